The van der Waals surface area contributed by atoms with Gasteiger partial charge in [0.25, 0.3) is 0 Å². The second-order valence-electron chi connectivity index (χ2n) is 5.32. The first-order valence-corrected chi connectivity index (χ1v) is 7.50. The minimum Gasteiger partial charge on any atom is -0.478 e. The molecule has 1 aromatic rings. The average Bonchev–Trinajstić information content (AvgIpc) is 2.40. The van der Waals surface area contributed by atoms with Crippen LogP contribution in [0.15, 0.2) is 6.07 Å². The molecule has 0 bridgehead atoms. The summed E-state index contributed by atoms with van der Waals surface area (Å²) in [5, 5.41) is 3.33. The molecule has 2 rings (SSSR count). The van der Waals surface area contributed by atoms with Crippen LogP contribution < -0.4 is 10.1 Å². The van der Waals surface area contributed by atoms with Gasteiger partial charge in [-0.2, -0.15) is 4.98 Å². The fourth-order valence-electron chi connectivity index (χ4n) is 2.70. The number of anilines is 1. The van der Waals surface area contributed by atoms with Crippen LogP contribution in [0.1, 0.15) is 51.1 Å². The Hall–Kier alpha value is -1.32. The van der Waals surface area contributed by atoms with E-state index in [0.29, 0.717) is 18.4 Å². The van der Waals surface area contributed by atoms with E-state index in [-0.39, 0.29) is 0 Å². The maximum Gasteiger partial charge on any atom is 0.226 e. The van der Waals surface area contributed by atoms with Crippen molar-refractivity contribution < 1.29 is 4.74 Å². The predicted molar refractivity (Wildman–Crippen MR) is 77.6 cm³/mol. The number of hydrogen-bond acceptors (Lipinski definition) is 4. The first-order chi connectivity index (χ1) is 9.28. The molecule has 1 saturated carbocycles. The van der Waals surface area contributed by atoms with Gasteiger partial charge in [0.05, 0.1) is 6.61 Å². The molecule has 0 atom stereocenters. The zero-order valence-electron chi connectivity index (χ0n) is 12.1. The fourth-order valence-corrected chi connectivity index (χ4v) is 2.70. The molecule has 1 aromatic heterocycles. The van der Waals surface area contributed by atoms with Crippen LogP contribution in [0.3, 0.4) is 0 Å². The molecule has 1 aliphatic carbocycles. The van der Waals surface area contributed by atoms with Gasteiger partial charge in [0, 0.05) is 18.3 Å². The van der Waals surface area contributed by atoms with Crippen molar-refractivity contribution in [2.75, 3.05) is 18.5 Å². The van der Waals surface area contributed by atoms with Crippen molar-refractivity contribution in [1.29, 1.82) is 0 Å². The summed E-state index contributed by atoms with van der Waals surface area (Å²) in [5.41, 5.74) is 0.943. The summed E-state index contributed by atoms with van der Waals surface area (Å²) in [6.45, 7) is 5.53. The van der Waals surface area contributed by atoms with E-state index in [9.17, 15) is 0 Å². The Balaban J connectivity index is 1.81. The van der Waals surface area contributed by atoms with E-state index in [2.05, 4.69) is 15.3 Å². The second-order valence-corrected chi connectivity index (χ2v) is 5.32. The third kappa shape index (κ3) is 4.69. The molecule has 0 aromatic carbocycles. The van der Waals surface area contributed by atoms with Crippen LogP contribution in [-0.4, -0.2) is 23.1 Å². The summed E-state index contributed by atoms with van der Waals surface area (Å²) in [6.07, 6.45) is 8.23. The van der Waals surface area contributed by atoms with Crippen LogP contribution >= 0.6 is 0 Å². The monoisotopic (exact) mass is 263 g/mol. The highest BCUT2D eigenvalue weighted by molar-refractivity contribution is 5.30. The van der Waals surface area contributed by atoms with E-state index in [0.717, 1.165) is 18.2 Å². The number of aromatic nitrogens is 2. The van der Waals surface area contributed by atoms with Gasteiger partial charge in [-0.25, -0.2) is 4.98 Å². The molecule has 0 unspecified atom stereocenters. The van der Waals surface area contributed by atoms with Crippen molar-refractivity contribution >= 4 is 5.95 Å². The molecule has 0 radical (unpaired) electrons. The van der Waals surface area contributed by atoms with Crippen LogP contribution in [0.4, 0.5) is 5.95 Å². The lowest BCUT2D eigenvalue weighted by Crippen LogP contribution is -2.13. The first-order valence-electron chi connectivity index (χ1n) is 7.50. The van der Waals surface area contributed by atoms with Gasteiger partial charge in [-0.3, -0.25) is 0 Å². The summed E-state index contributed by atoms with van der Waals surface area (Å²) in [6, 6.07) is 1.87. The topological polar surface area (TPSA) is 47.0 Å². The molecule has 0 amide bonds. The highest BCUT2D eigenvalue weighted by atomic mass is 16.5. The van der Waals surface area contributed by atoms with Gasteiger partial charge >= 0.3 is 0 Å². The third-order valence-electron chi connectivity index (χ3n) is 3.68. The number of nitrogens with zero attached hydrogens (tertiary/aromatic N) is 2. The number of ether oxygens (including phenoxy) is 1. The summed E-state index contributed by atoms with van der Waals surface area (Å²) in [4.78, 5) is 8.76. The number of hydrogen-bond donors (Lipinski definition) is 1. The highest BCUT2D eigenvalue weighted by Crippen LogP contribution is 2.26. The molecule has 0 spiro atoms. The molecule has 1 fully saturated rings. The Bertz CT molecular complexity index is 389. The van der Waals surface area contributed by atoms with Crippen LogP contribution in [0.5, 0.6) is 5.88 Å². The zero-order valence-corrected chi connectivity index (χ0v) is 12.1. The van der Waals surface area contributed by atoms with Crippen molar-refractivity contribution in [3.8, 4) is 5.88 Å². The molecular formula is C15H25N3O. The summed E-state index contributed by atoms with van der Waals surface area (Å²) < 4.78 is 5.43. The minimum atomic E-state index is 0.637. The van der Waals surface area contributed by atoms with Gasteiger partial charge in [-0.1, -0.05) is 32.1 Å². The molecule has 0 aliphatic heterocycles. The summed E-state index contributed by atoms with van der Waals surface area (Å²) >= 11 is 0. The Labute approximate surface area is 116 Å². The molecule has 0 saturated heterocycles. The van der Waals surface area contributed by atoms with Crippen LogP contribution in [0.25, 0.3) is 0 Å². The average molecular weight is 263 g/mol. The predicted octanol–water partition coefficient (Wildman–Crippen LogP) is 3.57. The number of rotatable bonds is 6. The first kappa shape index (κ1) is 14.1. The lowest BCUT2D eigenvalue weighted by molar-refractivity contribution is 0.326. The molecule has 19 heavy (non-hydrogen) atoms. The fraction of sp³-hybridized carbons (Fsp3) is 0.733. The van der Waals surface area contributed by atoms with Gasteiger partial charge in [0.1, 0.15) is 0 Å². The highest BCUT2D eigenvalue weighted by Gasteiger charge is 2.13. The maximum absolute atomic E-state index is 5.43. The maximum atomic E-state index is 5.43. The normalized spacial score (nSPS) is 16.3. The van der Waals surface area contributed by atoms with E-state index >= 15 is 0 Å². The SMILES string of the molecule is CCOc1cc(C)nc(NCCC2CCCCC2)n1. The zero-order chi connectivity index (χ0) is 13.5. The van der Waals surface area contributed by atoms with Crippen molar-refractivity contribution in [2.24, 2.45) is 5.92 Å². The van der Waals surface area contributed by atoms with E-state index in [1.54, 1.807) is 0 Å². The molecule has 4 heteroatoms. The molecule has 4 nitrogen and oxygen atoms in total. The molecule has 1 heterocycles. The van der Waals surface area contributed by atoms with E-state index < -0.39 is 0 Å². The summed E-state index contributed by atoms with van der Waals surface area (Å²) in [7, 11) is 0. The number of nitrogens with one attached hydrogen (secondary N) is 1. The van der Waals surface area contributed by atoms with Crippen LogP contribution in [-0.2, 0) is 0 Å². The van der Waals surface area contributed by atoms with Crippen molar-refractivity contribution in [3.05, 3.63) is 11.8 Å². The Morgan fingerprint density at radius 1 is 1.26 bits per heavy atom. The van der Waals surface area contributed by atoms with Gasteiger partial charge in [0.2, 0.25) is 11.8 Å². The van der Waals surface area contributed by atoms with E-state index in [1.807, 2.05) is 19.9 Å². The lowest BCUT2D eigenvalue weighted by Gasteiger charge is -2.21. The Kier molecular flexibility index (Phi) is 5.43. The molecular weight excluding hydrogens is 238 g/mol. The van der Waals surface area contributed by atoms with Gasteiger partial charge in [-0.05, 0) is 26.2 Å². The Morgan fingerprint density at radius 2 is 2.05 bits per heavy atom. The van der Waals surface area contributed by atoms with Crippen LogP contribution in [0.2, 0.25) is 0 Å². The second kappa shape index (κ2) is 7.31. The standard InChI is InChI=1S/C15H25N3O/c1-3-19-14-11-12(2)17-15(18-14)16-10-9-13-7-5-4-6-8-13/h11,13H,3-10H2,1-2H3,(H,16,17,18). The van der Waals surface area contributed by atoms with Crippen molar-refractivity contribution in [2.45, 2.75) is 52.4 Å². The van der Waals surface area contributed by atoms with E-state index in [4.69, 9.17) is 4.74 Å². The Morgan fingerprint density at radius 3 is 2.79 bits per heavy atom. The van der Waals surface area contributed by atoms with Gasteiger partial charge in [0.15, 0.2) is 0 Å². The third-order valence-corrected chi connectivity index (χ3v) is 3.68. The molecule has 1 N–H and O–H groups in total. The van der Waals surface area contributed by atoms with Crippen molar-refractivity contribution in [3.63, 3.8) is 0 Å². The number of aryl methyl sites for hydroxylation is 1. The minimum absolute atomic E-state index is 0.637. The van der Waals surface area contributed by atoms with E-state index in [1.165, 1.54) is 38.5 Å². The van der Waals surface area contributed by atoms with Crippen molar-refractivity contribution in [1.82, 2.24) is 9.97 Å². The quantitative estimate of drug-likeness (QED) is 0.852. The van der Waals surface area contributed by atoms with Gasteiger partial charge in [-0.15, -0.1) is 0 Å². The van der Waals surface area contributed by atoms with Crippen LogP contribution in [0, 0.1) is 12.8 Å². The lowest BCUT2D eigenvalue weighted by atomic mass is 9.87. The molecule has 106 valence electrons. The smallest absolute Gasteiger partial charge is 0.226 e. The largest absolute Gasteiger partial charge is 0.478 e. The summed E-state index contributed by atoms with van der Waals surface area (Å²) in [5.74, 6) is 2.24. The molecule has 1 aliphatic rings. The van der Waals surface area contributed by atoms with Gasteiger partial charge < -0.3 is 10.1 Å².